The van der Waals surface area contributed by atoms with Crippen molar-refractivity contribution >= 4 is 23.6 Å². The Kier molecular flexibility index (Phi) is 6.28. The number of anilines is 1. The van der Waals surface area contributed by atoms with Gasteiger partial charge in [-0.15, -0.1) is 21.5 Å². The summed E-state index contributed by atoms with van der Waals surface area (Å²) in [5, 5.41) is 16.0. The molecule has 2 fully saturated rings. The van der Waals surface area contributed by atoms with Gasteiger partial charge in [-0.05, 0) is 56.5 Å². The SMILES string of the molecule is O=CN(Cc1cnc(-c2ccc(NCC3(c4ncccc4F)CCC3)nn2)s1)[C@H]1CCCN1. The number of hydrogen-bond donors (Lipinski definition) is 2. The molecule has 4 heterocycles. The summed E-state index contributed by atoms with van der Waals surface area (Å²) in [6.45, 7) is 2.03. The average Bonchev–Trinajstić information content (AvgIpc) is 3.51. The first kappa shape index (κ1) is 21.8. The van der Waals surface area contributed by atoms with Gasteiger partial charge in [-0.1, -0.05) is 6.42 Å². The quantitative estimate of drug-likeness (QED) is 0.466. The smallest absolute Gasteiger partial charge is 0.211 e. The van der Waals surface area contributed by atoms with E-state index in [0.29, 0.717) is 30.3 Å². The second kappa shape index (κ2) is 9.48. The molecule has 1 atom stereocenters. The Labute approximate surface area is 195 Å². The summed E-state index contributed by atoms with van der Waals surface area (Å²) in [6, 6.07) is 6.83. The van der Waals surface area contributed by atoms with Crippen LogP contribution >= 0.6 is 11.3 Å². The molecule has 10 heteroatoms. The molecule has 1 saturated carbocycles. The summed E-state index contributed by atoms with van der Waals surface area (Å²) in [4.78, 5) is 23.0. The maximum Gasteiger partial charge on any atom is 0.211 e. The molecule has 2 N–H and O–H groups in total. The molecule has 0 unspecified atom stereocenters. The minimum Gasteiger partial charge on any atom is -0.368 e. The van der Waals surface area contributed by atoms with Gasteiger partial charge in [-0.25, -0.2) is 9.37 Å². The maximum atomic E-state index is 14.3. The third-order valence-corrected chi connectivity index (χ3v) is 7.53. The number of halogens is 1. The van der Waals surface area contributed by atoms with E-state index in [1.165, 1.54) is 17.4 Å². The van der Waals surface area contributed by atoms with Crippen molar-refractivity contribution in [2.45, 2.75) is 50.2 Å². The van der Waals surface area contributed by atoms with Crippen molar-refractivity contribution in [1.82, 2.24) is 30.4 Å². The second-order valence-electron chi connectivity index (χ2n) is 8.65. The lowest BCUT2D eigenvalue weighted by Gasteiger charge is -2.41. The van der Waals surface area contributed by atoms with Crippen molar-refractivity contribution in [3.8, 4) is 10.7 Å². The Morgan fingerprint density at radius 1 is 1.24 bits per heavy atom. The summed E-state index contributed by atoms with van der Waals surface area (Å²) in [6.07, 6.45) is 9.34. The fourth-order valence-corrected chi connectivity index (χ4v) is 5.41. The number of nitrogens with one attached hydrogen (secondary N) is 2. The molecule has 1 aliphatic carbocycles. The van der Waals surface area contributed by atoms with E-state index in [9.17, 15) is 9.18 Å². The lowest BCUT2D eigenvalue weighted by molar-refractivity contribution is -0.121. The van der Waals surface area contributed by atoms with Crippen molar-refractivity contribution in [1.29, 1.82) is 0 Å². The van der Waals surface area contributed by atoms with Crippen molar-refractivity contribution in [2.24, 2.45) is 0 Å². The fourth-order valence-electron chi connectivity index (χ4n) is 4.53. The zero-order chi connectivity index (χ0) is 22.7. The summed E-state index contributed by atoms with van der Waals surface area (Å²) < 4.78 is 14.3. The molecule has 172 valence electrons. The molecule has 1 saturated heterocycles. The highest BCUT2D eigenvalue weighted by atomic mass is 32.1. The van der Waals surface area contributed by atoms with Gasteiger partial charge in [-0.2, -0.15) is 0 Å². The minimum atomic E-state index is -0.297. The molecular weight excluding hydrogens is 441 g/mol. The van der Waals surface area contributed by atoms with E-state index in [-0.39, 0.29) is 17.4 Å². The van der Waals surface area contributed by atoms with Gasteiger partial charge in [0.2, 0.25) is 6.41 Å². The van der Waals surface area contributed by atoms with Crippen LogP contribution in [-0.2, 0) is 16.8 Å². The first-order valence-electron chi connectivity index (χ1n) is 11.2. The second-order valence-corrected chi connectivity index (χ2v) is 9.76. The van der Waals surface area contributed by atoms with Gasteiger partial charge in [0.25, 0.3) is 0 Å². The van der Waals surface area contributed by atoms with E-state index in [4.69, 9.17) is 0 Å². The molecular formula is C23H26FN7OS. The zero-order valence-electron chi connectivity index (χ0n) is 18.2. The van der Waals surface area contributed by atoms with Crippen LogP contribution in [0.15, 0.2) is 36.7 Å². The average molecular weight is 468 g/mol. The van der Waals surface area contributed by atoms with Crippen molar-refractivity contribution in [2.75, 3.05) is 18.4 Å². The van der Waals surface area contributed by atoms with E-state index in [2.05, 4.69) is 30.8 Å². The van der Waals surface area contributed by atoms with Gasteiger partial charge >= 0.3 is 0 Å². The summed E-state index contributed by atoms with van der Waals surface area (Å²) in [5.41, 5.74) is 0.914. The van der Waals surface area contributed by atoms with Crippen molar-refractivity contribution < 1.29 is 9.18 Å². The van der Waals surface area contributed by atoms with Gasteiger partial charge in [-0.3, -0.25) is 15.1 Å². The van der Waals surface area contributed by atoms with Gasteiger partial charge in [0.1, 0.15) is 22.3 Å². The van der Waals surface area contributed by atoms with Crippen LogP contribution in [0.5, 0.6) is 0 Å². The lowest BCUT2D eigenvalue weighted by Crippen LogP contribution is -2.42. The van der Waals surface area contributed by atoms with Crippen LogP contribution < -0.4 is 10.6 Å². The lowest BCUT2D eigenvalue weighted by atomic mass is 9.66. The minimum absolute atomic E-state index is 0.0942. The first-order chi connectivity index (χ1) is 16.2. The van der Waals surface area contributed by atoms with Crippen LogP contribution in [0.2, 0.25) is 0 Å². The zero-order valence-corrected chi connectivity index (χ0v) is 19.0. The van der Waals surface area contributed by atoms with Crippen LogP contribution in [-0.4, -0.2) is 50.7 Å². The molecule has 1 amide bonds. The van der Waals surface area contributed by atoms with E-state index in [0.717, 1.165) is 54.9 Å². The summed E-state index contributed by atoms with van der Waals surface area (Å²) in [5.74, 6) is 0.384. The van der Waals surface area contributed by atoms with Crippen LogP contribution in [0.4, 0.5) is 10.2 Å². The number of amides is 1. The van der Waals surface area contributed by atoms with Crippen LogP contribution in [0.25, 0.3) is 10.7 Å². The van der Waals surface area contributed by atoms with Gasteiger partial charge in [0.05, 0.1) is 18.4 Å². The topological polar surface area (TPSA) is 95.9 Å². The predicted molar refractivity (Wildman–Crippen MR) is 124 cm³/mol. The number of pyridine rings is 1. The third kappa shape index (κ3) is 4.58. The number of rotatable bonds is 9. The third-order valence-electron chi connectivity index (χ3n) is 6.53. The van der Waals surface area contributed by atoms with Crippen LogP contribution in [0.1, 0.15) is 42.7 Å². The first-order valence-corrected chi connectivity index (χ1v) is 12.1. The normalized spacial score (nSPS) is 19.1. The highest BCUT2D eigenvalue weighted by Crippen LogP contribution is 2.43. The fraction of sp³-hybridized carbons (Fsp3) is 0.435. The molecule has 0 bridgehead atoms. The highest BCUT2D eigenvalue weighted by Gasteiger charge is 2.41. The van der Waals surface area contributed by atoms with E-state index >= 15 is 0 Å². The Hall–Kier alpha value is -2.98. The Morgan fingerprint density at radius 3 is 2.82 bits per heavy atom. The largest absolute Gasteiger partial charge is 0.368 e. The Balaban J connectivity index is 1.22. The molecule has 3 aromatic heterocycles. The Morgan fingerprint density at radius 2 is 2.15 bits per heavy atom. The van der Waals surface area contributed by atoms with E-state index < -0.39 is 0 Å². The number of carbonyl (C=O) groups is 1. The molecule has 2 aliphatic rings. The molecule has 0 radical (unpaired) electrons. The van der Waals surface area contributed by atoms with Gasteiger partial charge < -0.3 is 10.2 Å². The number of thiazole rings is 1. The molecule has 0 spiro atoms. The molecule has 3 aromatic rings. The number of carbonyl (C=O) groups excluding carboxylic acids is 1. The Bertz CT molecular complexity index is 1100. The van der Waals surface area contributed by atoms with Crippen molar-refractivity contribution in [3.63, 3.8) is 0 Å². The number of nitrogens with zero attached hydrogens (tertiary/aromatic N) is 5. The molecule has 1 aliphatic heterocycles. The number of aromatic nitrogens is 4. The highest BCUT2D eigenvalue weighted by molar-refractivity contribution is 7.15. The molecule has 8 nitrogen and oxygen atoms in total. The molecule has 0 aromatic carbocycles. The van der Waals surface area contributed by atoms with Crippen LogP contribution in [0, 0.1) is 5.82 Å². The van der Waals surface area contributed by atoms with Crippen molar-refractivity contribution in [3.05, 3.63) is 53.0 Å². The summed E-state index contributed by atoms with van der Waals surface area (Å²) in [7, 11) is 0. The van der Waals surface area contributed by atoms with Gasteiger partial charge in [0.15, 0.2) is 0 Å². The number of hydrogen-bond acceptors (Lipinski definition) is 8. The predicted octanol–water partition coefficient (Wildman–Crippen LogP) is 3.34. The maximum absolute atomic E-state index is 14.3. The molecule has 5 rings (SSSR count). The molecule has 33 heavy (non-hydrogen) atoms. The standard InChI is InChI=1S/C23H26FN7OS/c24-17-4-1-11-26-21(17)23(8-3-9-23)14-28-19-7-6-18(29-30-19)22-27-12-16(33-22)13-31(15-32)20-5-2-10-25-20/h1,4,6-7,11-12,15,20,25H,2-3,5,8-10,13-14H2,(H,28,30)/t20-/m0/s1. The van der Waals surface area contributed by atoms with Crippen LogP contribution in [0.3, 0.4) is 0 Å². The monoisotopic (exact) mass is 467 g/mol. The van der Waals surface area contributed by atoms with Gasteiger partial charge in [0, 0.05) is 29.2 Å². The van der Waals surface area contributed by atoms with E-state index in [1.807, 2.05) is 12.1 Å². The van der Waals surface area contributed by atoms with E-state index in [1.54, 1.807) is 23.4 Å². The summed E-state index contributed by atoms with van der Waals surface area (Å²) >= 11 is 1.51.